The summed E-state index contributed by atoms with van der Waals surface area (Å²) in [6.45, 7) is 2.64. The van der Waals surface area contributed by atoms with E-state index < -0.39 is 5.97 Å². The van der Waals surface area contributed by atoms with E-state index in [-0.39, 0.29) is 0 Å². The van der Waals surface area contributed by atoms with Crippen molar-refractivity contribution in [1.29, 1.82) is 0 Å². The Morgan fingerprint density at radius 3 is 2.90 bits per heavy atom. The Hall–Kier alpha value is -2.01. The van der Waals surface area contributed by atoms with Crippen LogP contribution < -0.4 is 10.5 Å². The standard InChI is InChI=1S/C15H17NO3S/c1-2-18-14-12(4-3-5-13(14)16)15(17)19-8-6-11-7-9-20-10-11/h3-5,7,9-10H,2,6,8,16H2,1H3. The maximum Gasteiger partial charge on any atom is 0.342 e. The molecule has 0 bridgehead atoms. The first kappa shape index (κ1) is 14.4. The van der Waals surface area contributed by atoms with Gasteiger partial charge in [-0.15, -0.1) is 0 Å². The predicted molar refractivity (Wildman–Crippen MR) is 80.3 cm³/mol. The minimum Gasteiger partial charge on any atom is -0.491 e. The highest BCUT2D eigenvalue weighted by Gasteiger charge is 2.16. The number of esters is 1. The summed E-state index contributed by atoms with van der Waals surface area (Å²) in [5.41, 5.74) is 7.80. The summed E-state index contributed by atoms with van der Waals surface area (Å²) in [4.78, 5) is 12.1. The molecule has 0 unspecified atom stereocenters. The molecule has 2 aromatic rings. The van der Waals surface area contributed by atoms with E-state index in [0.717, 1.165) is 0 Å². The summed E-state index contributed by atoms with van der Waals surface area (Å²) in [6, 6.07) is 7.10. The van der Waals surface area contributed by atoms with Gasteiger partial charge in [-0.1, -0.05) is 6.07 Å². The van der Waals surface area contributed by atoms with E-state index >= 15 is 0 Å². The zero-order valence-electron chi connectivity index (χ0n) is 11.3. The number of benzene rings is 1. The fourth-order valence-corrected chi connectivity index (χ4v) is 2.50. The second-order valence-corrected chi connectivity index (χ2v) is 4.95. The Balaban J connectivity index is 1.99. The summed E-state index contributed by atoms with van der Waals surface area (Å²) in [5, 5.41) is 4.04. The van der Waals surface area contributed by atoms with Crippen LogP contribution >= 0.6 is 11.3 Å². The van der Waals surface area contributed by atoms with Gasteiger partial charge in [-0.05, 0) is 41.4 Å². The number of thiophene rings is 1. The molecule has 5 heteroatoms. The average Bonchev–Trinajstić information content (AvgIpc) is 2.94. The second kappa shape index (κ2) is 6.96. The third kappa shape index (κ3) is 3.51. The van der Waals surface area contributed by atoms with Gasteiger partial charge >= 0.3 is 5.97 Å². The number of carbonyl (C=O) groups excluding carboxylic acids is 1. The number of rotatable bonds is 6. The number of nitrogens with two attached hydrogens (primary N) is 1. The van der Waals surface area contributed by atoms with Crippen LogP contribution in [0.4, 0.5) is 5.69 Å². The second-order valence-electron chi connectivity index (χ2n) is 4.17. The van der Waals surface area contributed by atoms with Crippen molar-refractivity contribution in [3.63, 3.8) is 0 Å². The number of hydrogen-bond donors (Lipinski definition) is 1. The van der Waals surface area contributed by atoms with E-state index in [4.69, 9.17) is 15.2 Å². The quantitative estimate of drug-likeness (QED) is 0.656. The maximum absolute atomic E-state index is 12.1. The third-order valence-corrected chi connectivity index (χ3v) is 3.49. The number of ether oxygens (including phenoxy) is 2. The van der Waals surface area contributed by atoms with Gasteiger partial charge in [0.25, 0.3) is 0 Å². The summed E-state index contributed by atoms with van der Waals surface area (Å²) >= 11 is 1.63. The number of para-hydroxylation sites is 1. The first-order valence-corrected chi connectivity index (χ1v) is 7.36. The highest BCUT2D eigenvalue weighted by Crippen LogP contribution is 2.27. The van der Waals surface area contributed by atoms with Gasteiger partial charge in [0.15, 0.2) is 5.75 Å². The van der Waals surface area contributed by atoms with E-state index in [9.17, 15) is 4.79 Å². The molecule has 0 atom stereocenters. The van der Waals surface area contributed by atoms with Crippen LogP contribution in [0.25, 0.3) is 0 Å². The summed E-state index contributed by atoms with van der Waals surface area (Å²) < 4.78 is 10.7. The number of nitrogen functional groups attached to an aromatic ring is 1. The molecule has 2 N–H and O–H groups in total. The van der Waals surface area contributed by atoms with Gasteiger partial charge in [-0.3, -0.25) is 0 Å². The highest BCUT2D eigenvalue weighted by molar-refractivity contribution is 7.07. The molecule has 1 aromatic carbocycles. The maximum atomic E-state index is 12.1. The number of carbonyl (C=O) groups is 1. The molecule has 0 aliphatic rings. The number of hydrogen-bond acceptors (Lipinski definition) is 5. The van der Waals surface area contributed by atoms with Crippen molar-refractivity contribution in [2.24, 2.45) is 0 Å². The van der Waals surface area contributed by atoms with Gasteiger partial charge in [-0.2, -0.15) is 11.3 Å². The molecule has 106 valence electrons. The predicted octanol–water partition coefficient (Wildman–Crippen LogP) is 3.13. The molecular formula is C15H17NO3S. The molecule has 0 amide bonds. The minimum absolute atomic E-state index is 0.343. The van der Waals surface area contributed by atoms with Crippen molar-refractivity contribution < 1.29 is 14.3 Å². The van der Waals surface area contributed by atoms with Crippen molar-refractivity contribution >= 4 is 23.0 Å². The highest BCUT2D eigenvalue weighted by atomic mass is 32.1. The van der Waals surface area contributed by atoms with Crippen molar-refractivity contribution in [2.45, 2.75) is 13.3 Å². The largest absolute Gasteiger partial charge is 0.491 e. The molecular weight excluding hydrogens is 274 g/mol. The van der Waals surface area contributed by atoms with Gasteiger partial charge in [-0.25, -0.2) is 4.79 Å². The van der Waals surface area contributed by atoms with Crippen molar-refractivity contribution in [2.75, 3.05) is 18.9 Å². The smallest absolute Gasteiger partial charge is 0.342 e. The third-order valence-electron chi connectivity index (χ3n) is 2.76. The van der Waals surface area contributed by atoms with Crippen LogP contribution in [0.15, 0.2) is 35.0 Å². The van der Waals surface area contributed by atoms with Gasteiger partial charge in [0, 0.05) is 6.42 Å². The lowest BCUT2D eigenvalue weighted by Gasteiger charge is -2.12. The Morgan fingerprint density at radius 2 is 2.20 bits per heavy atom. The Morgan fingerprint density at radius 1 is 1.35 bits per heavy atom. The van der Waals surface area contributed by atoms with E-state index in [2.05, 4.69) is 0 Å². The molecule has 0 aliphatic carbocycles. The first-order valence-electron chi connectivity index (χ1n) is 6.42. The van der Waals surface area contributed by atoms with Crippen LogP contribution in [0.2, 0.25) is 0 Å². The van der Waals surface area contributed by atoms with Gasteiger partial charge in [0.1, 0.15) is 5.56 Å². The molecule has 0 saturated carbocycles. The topological polar surface area (TPSA) is 61.5 Å². The fourth-order valence-electron chi connectivity index (χ4n) is 1.80. The normalized spacial score (nSPS) is 10.2. The molecule has 0 fully saturated rings. The Kier molecular flexibility index (Phi) is 5.01. The molecule has 4 nitrogen and oxygen atoms in total. The number of anilines is 1. The van der Waals surface area contributed by atoms with Crippen LogP contribution in [0, 0.1) is 0 Å². The average molecular weight is 291 g/mol. The van der Waals surface area contributed by atoms with Crippen LogP contribution in [-0.2, 0) is 11.2 Å². The zero-order chi connectivity index (χ0) is 14.4. The van der Waals surface area contributed by atoms with Crippen LogP contribution in [0.3, 0.4) is 0 Å². The Labute approximate surface area is 122 Å². The van der Waals surface area contributed by atoms with Crippen molar-refractivity contribution in [3.8, 4) is 5.75 Å². The van der Waals surface area contributed by atoms with E-state index in [1.165, 1.54) is 5.56 Å². The lowest BCUT2D eigenvalue weighted by molar-refractivity contribution is 0.0505. The molecule has 0 radical (unpaired) electrons. The molecule has 1 heterocycles. The summed E-state index contributed by atoms with van der Waals surface area (Å²) in [6.07, 6.45) is 0.710. The molecule has 0 aliphatic heterocycles. The summed E-state index contributed by atoms with van der Waals surface area (Å²) in [5.74, 6) is -0.00786. The van der Waals surface area contributed by atoms with Gasteiger partial charge in [0.2, 0.25) is 0 Å². The summed E-state index contributed by atoms with van der Waals surface area (Å²) in [7, 11) is 0. The van der Waals surface area contributed by atoms with E-state index in [1.54, 1.807) is 29.5 Å². The molecule has 2 rings (SSSR count). The molecule has 20 heavy (non-hydrogen) atoms. The SMILES string of the molecule is CCOc1c(N)cccc1C(=O)OCCc1ccsc1. The molecule has 1 aromatic heterocycles. The van der Waals surface area contributed by atoms with Gasteiger partial charge in [0.05, 0.1) is 18.9 Å². The van der Waals surface area contributed by atoms with Crippen LogP contribution in [0.5, 0.6) is 5.75 Å². The fraction of sp³-hybridized carbons (Fsp3) is 0.267. The zero-order valence-corrected chi connectivity index (χ0v) is 12.1. The van der Waals surface area contributed by atoms with Crippen molar-refractivity contribution in [3.05, 3.63) is 46.2 Å². The van der Waals surface area contributed by atoms with Crippen LogP contribution in [0.1, 0.15) is 22.8 Å². The first-order chi connectivity index (χ1) is 9.72. The van der Waals surface area contributed by atoms with Crippen LogP contribution in [-0.4, -0.2) is 19.2 Å². The van der Waals surface area contributed by atoms with Crippen molar-refractivity contribution in [1.82, 2.24) is 0 Å². The van der Waals surface area contributed by atoms with E-state index in [0.29, 0.717) is 36.6 Å². The lowest BCUT2D eigenvalue weighted by Crippen LogP contribution is -2.11. The monoisotopic (exact) mass is 291 g/mol. The lowest BCUT2D eigenvalue weighted by atomic mass is 10.1. The molecule has 0 saturated heterocycles. The van der Waals surface area contributed by atoms with E-state index in [1.807, 2.05) is 23.8 Å². The minimum atomic E-state index is -0.407. The molecule has 0 spiro atoms. The Bertz CT molecular complexity index is 567. The van der Waals surface area contributed by atoms with Gasteiger partial charge < -0.3 is 15.2 Å².